The van der Waals surface area contributed by atoms with Gasteiger partial charge in [0.1, 0.15) is 5.60 Å². The van der Waals surface area contributed by atoms with Crippen molar-refractivity contribution in [3.8, 4) is 0 Å². The molecular weight excluding hydrogens is 306 g/mol. The molecule has 2 aromatic carbocycles. The number of hydrogen-bond acceptors (Lipinski definition) is 4. The van der Waals surface area contributed by atoms with Crippen molar-refractivity contribution >= 4 is 11.7 Å². The van der Waals surface area contributed by atoms with Crippen LogP contribution in [0, 0.1) is 16.0 Å². The van der Waals surface area contributed by atoms with Gasteiger partial charge in [-0.05, 0) is 43.9 Å². The Morgan fingerprint density at radius 3 is 2.33 bits per heavy atom. The predicted octanol–water partition coefficient (Wildman–Crippen LogP) is 4.33. The van der Waals surface area contributed by atoms with Gasteiger partial charge in [-0.2, -0.15) is 0 Å². The van der Waals surface area contributed by atoms with E-state index in [4.69, 9.17) is 4.74 Å². The average molecular weight is 325 g/mol. The fourth-order valence-electron chi connectivity index (χ4n) is 3.12. The molecule has 3 rings (SSSR count). The van der Waals surface area contributed by atoms with Crippen molar-refractivity contribution in [3.05, 3.63) is 75.8 Å². The molecule has 0 radical (unpaired) electrons. The Morgan fingerprint density at radius 1 is 1.12 bits per heavy atom. The minimum absolute atomic E-state index is 0.0443. The molecule has 5 nitrogen and oxygen atoms in total. The summed E-state index contributed by atoms with van der Waals surface area (Å²) < 4.78 is 5.69. The zero-order valence-corrected chi connectivity index (χ0v) is 13.6. The van der Waals surface area contributed by atoms with Crippen LogP contribution < -0.4 is 0 Å². The summed E-state index contributed by atoms with van der Waals surface area (Å²) >= 11 is 0. The summed E-state index contributed by atoms with van der Waals surface area (Å²) in [7, 11) is 0. The van der Waals surface area contributed by atoms with Crippen molar-refractivity contribution in [2.45, 2.75) is 31.8 Å². The topological polar surface area (TPSA) is 69.4 Å². The summed E-state index contributed by atoms with van der Waals surface area (Å²) in [5, 5.41) is 10.7. The number of esters is 1. The van der Waals surface area contributed by atoms with E-state index in [-0.39, 0.29) is 11.6 Å². The molecule has 1 aliphatic rings. The lowest BCUT2D eigenvalue weighted by Gasteiger charge is -2.26. The van der Waals surface area contributed by atoms with Gasteiger partial charge in [0.15, 0.2) is 0 Å². The maximum absolute atomic E-state index is 12.3. The van der Waals surface area contributed by atoms with Gasteiger partial charge in [0.05, 0.1) is 10.5 Å². The first-order chi connectivity index (χ1) is 11.4. The van der Waals surface area contributed by atoms with Crippen molar-refractivity contribution in [2.75, 3.05) is 0 Å². The van der Waals surface area contributed by atoms with Crippen LogP contribution in [0.25, 0.3) is 0 Å². The lowest BCUT2D eigenvalue weighted by molar-refractivity contribution is -0.384. The third kappa shape index (κ3) is 3.30. The molecular formula is C19H19NO4. The molecule has 0 bridgehead atoms. The highest BCUT2D eigenvalue weighted by Crippen LogP contribution is 2.54. The van der Waals surface area contributed by atoms with Gasteiger partial charge in [-0.25, -0.2) is 4.79 Å². The van der Waals surface area contributed by atoms with Gasteiger partial charge in [0, 0.05) is 18.1 Å². The number of nitro benzene ring substituents is 1. The first kappa shape index (κ1) is 16.2. The van der Waals surface area contributed by atoms with E-state index in [0.717, 1.165) is 6.42 Å². The number of carbonyl (C=O) groups is 1. The van der Waals surface area contributed by atoms with Gasteiger partial charge in [-0.3, -0.25) is 10.1 Å². The largest absolute Gasteiger partial charge is 0.456 e. The van der Waals surface area contributed by atoms with Crippen LogP contribution in [-0.4, -0.2) is 16.5 Å². The van der Waals surface area contributed by atoms with E-state index in [2.05, 4.69) is 12.1 Å². The van der Waals surface area contributed by atoms with E-state index in [1.54, 1.807) is 0 Å². The molecule has 0 saturated heterocycles. The third-order valence-electron chi connectivity index (χ3n) is 4.58. The third-order valence-corrected chi connectivity index (χ3v) is 4.58. The highest BCUT2D eigenvalue weighted by atomic mass is 16.6. The fraction of sp³-hybridized carbons (Fsp3) is 0.316. The number of benzene rings is 2. The number of ether oxygens (including phenoxy) is 1. The van der Waals surface area contributed by atoms with Crippen molar-refractivity contribution in [1.82, 2.24) is 0 Å². The Bertz CT molecular complexity index is 753. The Morgan fingerprint density at radius 2 is 1.75 bits per heavy atom. The van der Waals surface area contributed by atoms with E-state index in [0.29, 0.717) is 11.5 Å². The molecule has 0 unspecified atom stereocenters. The van der Waals surface area contributed by atoms with Crippen LogP contribution in [0.1, 0.15) is 42.1 Å². The predicted molar refractivity (Wildman–Crippen MR) is 89.9 cm³/mol. The number of carbonyl (C=O) groups excluding carboxylic acids is 1. The quantitative estimate of drug-likeness (QED) is 0.466. The first-order valence-electron chi connectivity index (χ1n) is 7.91. The molecule has 0 spiro atoms. The standard InChI is InChI=1S/C19H19NO4/c1-19(2,17-12-16(17)13-6-4-3-5-7-13)24-18(21)14-8-10-15(11-9-14)20(22)23/h3-11,16-17H,12H2,1-2H3/t16-,17+/m1/s1. The second-order valence-electron chi connectivity index (χ2n) is 6.66. The number of nitrogens with zero attached hydrogens (tertiary/aromatic N) is 1. The van der Waals surface area contributed by atoms with Crippen LogP contribution in [0.2, 0.25) is 0 Å². The van der Waals surface area contributed by atoms with Gasteiger partial charge in [-0.1, -0.05) is 30.3 Å². The van der Waals surface area contributed by atoms with Crippen LogP contribution in [0.4, 0.5) is 5.69 Å². The summed E-state index contributed by atoms with van der Waals surface area (Å²) in [6.07, 6.45) is 0.991. The molecule has 24 heavy (non-hydrogen) atoms. The minimum atomic E-state index is -0.584. The molecule has 2 aromatic rings. The second kappa shape index (κ2) is 6.07. The number of non-ortho nitro benzene ring substituents is 1. The highest BCUT2D eigenvalue weighted by Gasteiger charge is 2.50. The van der Waals surface area contributed by atoms with E-state index in [1.807, 2.05) is 32.0 Å². The summed E-state index contributed by atoms with van der Waals surface area (Å²) in [6, 6.07) is 15.7. The Hall–Kier alpha value is -2.69. The molecule has 5 heteroatoms. The van der Waals surface area contributed by atoms with Crippen LogP contribution >= 0.6 is 0 Å². The molecule has 124 valence electrons. The Labute approximate surface area is 140 Å². The maximum atomic E-state index is 12.3. The van der Waals surface area contributed by atoms with Crippen LogP contribution in [0.3, 0.4) is 0 Å². The van der Waals surface area contributed by atoms with Gasteiger partial charge in [0.2, 0.25) is 0 Å². The minimum Gasteiger partial charge on any atom is -0.456 e. The van der Waals surface area contributed by atoms with Crippen molar-refractivity contribution in [1.29, 1.82) is 0 Å². The number of nitro groups is 1. The van der Waals surface area contributed by atoms with E-state index >= 15 is 0 Å². The van der Waals surface area contributed by atoms with Crippen molar-refractivity contribution in [3.63, 3.8) is 0 Å². The summed E-state index contributed by atoms with van der Waals surface area (Å²) in [5.74, 6) is 0.237. The zero-order valence-electron chi connectivity index (χ0n) is 13.6. The normalized spacial score (nSPS) is 19.6. The van der Waals surface area contributed by atoms with Gasteiger partial charge in [0.25, 0.3) is 5.69 Å². The summed E-state index contributed by atoms with van der Waals surface area (Å²) in [5.41, 5.74) is 0.962. The molecule has 1 fully saturated rings. The summed E-state index contributed by atoms with van der Waals surface area (Å²) in [6.45, 7) is 3.84. The van der Waals surface area contributed by atoms with E-state index < -0.39 is 16.5 Å². The van der Waals surface area contributed by atoms with Gasteiger partial charge < -0.3 is 4.74 Å². The molecule has 1 saturated carbocycles. The molecule has 1 aliphatic carbocycles. The van der Waals surface area contributed by atoms with Gasteiger partial charge >= 0.3 is 5.97 Å². The van der Waals surface area contributed by atoms with Crippen LogP contribution in [0.15, 0.2) is 54.6 Å². The lowest BCUT2D eigenvalue weighted by atomic mass is 9.98. The molecule has 0 heterocycles. The molecule has 0 aliphatic heterocycles. The lowest BCUT2D eigenvalue weighted by Crippen LogP contribution is -2.31. The Balaban J connectivity index is 1.66. The van der Waals surface area contributed by atoms with E-state index in [1.165, 1.54) is 29.8 Å². The second-order valence-corrected chi connectivity index (χ2v) is 6.66. The number of rotatable bonds is 5. The van der Waals surface area contributed by atoms with Crippen molar-refractivity contribution < 1.29 is 14.5 Å². The van der Waals surface area contributed by atoms with Gasteiger partial charge in [-0.15, -0.1) is 0 Å². The first-order valence-corrected chi connectivity index (χ1v) is 7.91. The molecule has 0 aromatic heterocycles. The summed E-state index contributed by atoms with van der Waals surface area (Å²) in [4.78, 5) is 22.5. The Kier molecular flexibility index (Phi) is 4.09. The smallest absolute Gasteiger partial charge is 0.338 e. The van der Waals surface area contributed by atoms with Crippen molar-refractivity contribution in [2.24, 2.45) is 5.92 Å². The van der Waals surface area contributed by atoms with E-state index in [9.17, 15) is 14.9 Å². The monoisotopic (exact) mass is 325 g/mol. The van der Waals surface area contributed by atoms with Crippen LogP contribution in [0.5, 0.6) is 0 Å². The maximum Gasteiger partial charge on any atom is 0.338 e. The average Bonchev–Trinajstić information content (AvgIpc) is 3.37. The highest BCUT2D eigenvalue weighted by molar-refractivity contribution is 5.90. The fourth-order valence-corrected chi connectivity index (χ4v) is 3.12. The molecule has 2 atom stereocenters. The zero-order chi connectivity index (χ0) is 17.3. The van der Waals surface area contributed by atoms with Crippen LogP contribution in [-0.2, 0) is 4.74 Å². The number of hydrogen-bond donors (Lipinski definition) is 0. The SMILES string of the molecule is CC(C)(OC(=O)c1ccc([N+](=O)[O-])cc1)[C@H]1C[C@@H]1c1ccccc1. The molecule has 0 amide bonds. The molecule has 0 N–H and O–H groups in total.